The van der Waals surface area contributed by atoms with Crippen molar-refractivity contribution in [3.63, 3.8) is 0 Å². The lowest BCUT2D eigenvalue weighted by Gasteiger charge is -2.26. The maximum atomic E-state index is 13.8. The van der Waals surface area contributed by atoms with Gasteiger partial charge in [-0.25, -0.2) is 8.78 Å². The Kier molecular flexibility index (Phi) is 4.89. The molecule has 0 spiro atoms. The predicted octanol–water partition coefficient (Wildman–Crippen LogP) is 5.07. The van der Waals surface area contributed by atoms with Crippen molar-refractivity contribution in [2.45, 2.75) is 32.9 Å². The molecule has 2 aromatic rings. The van der Waals surface area contributed by atoms with Gasteiger partial charge in [0.1, 0.15) is 11.6 Å². The van der Waals surface area contributed by atoms with E-state index in [0.29, 0.717) is 5.92 Å². The molecule has 0 radical (unpaired) electrons. The number of nitrogens with one attached hydrogen (secondary N) is 1. The zero-order valence-corrected chi connectivity index (χ0v) is 12.7. The Labute approximate surface area is 122 Å². The quantitative estimate of drug-likeness (QED) is 0.811. The van der Waals surface area contributed by atoms with Gasteiger partial charge in [0.05, 0.1) is 0 Å². The molecule has 1 nitrogen and oxygen atoms in total. The predicted molar refractivity (Wildman–Crippen MR) is 79.8 cm³/mol. The van der Waals surface area contributed by atoms with Crippen molar-refractivity contribution in [1.82, 2.24) is 5.32 Å². The Morgan fingerprint density at radius 2 is 1.65 bits per heavy atom. The van der Waals surface area contributed by atoms with Crippen LogP contribution < -0.4 is 5.32 Å². The van der Waals surface area contributed by atoms with Gasteiger partial charge in [-0.2, -0.15) is 0 Å². The number of benzene rings is 1. The third-order valence-corrected chi connectivity index (χ3v) is 4.33. The Balaban J connectivity index is 2.23. The van der Waals surface area contributed by atoms with E-state index in [1.807, 2.05) is 17.5 Å². The van der Waals surface area contributed by atoms with E-state index in [1.54, 1.807) is 18.3 Å². The van der Waals surface area contributed by atoms with Gasteiger partial charge in [0.2, 0.25) is 0 Å². The van der Waals surface area contributed by atoms with E-state index in [1.165, 1.54) is 23.1 Å². The molecule has 1 N–H and O–H groups in total. The fraction of sp³-hybridized carbons (Fsp3) is 0.375. The third kappa shape index (κ3) is 3.25. The van der Waals surface area contributed by atoms with Crippen molar-refractivity contribution >= 4 is 11.3 Å². The lowest BCUT2D eigenvalue weighted by atomic mass is 9.99. The van der Waals surface area contributed by atoms with Crippen molar-refractivity contribution in [3.05, 3.63) is 57.8 Å². The maximum Gasteiger partial charge on any atom is 0.130 e. The molecule has 1 heterocycles. The topological polar surface area (TPSA) is 12.0 Å². The minimum absolute atomic E-state index is 0.0870. The van der Waals surface area contributed by atoms with Crippen LogP contribution in [-0.2, 0) is 0 Å². The summed E-state index contributed by atoms with van der Waals surface area (Å²) < 4.78 is 27.6. The summed E-state index contributed by atoms with van der Waals surface area (Å²) in [6.07, 6.45) is 0. The summed E-state index contributed by atoms with van der Waals surface area (Å²) in [5.74, 6) is -0.664. The molecule has 0 aliphatic carbocycles. The molecule has 0 bridgehead atoms. The molecule has 2 unspecified atom stereocenters. The molecule has 2 rings (SSSR count). The molecule has 0 amide bonds. The highest BCUT2D eigenvalue weighted by Gasteiger charge is 2.23. The van der Waals surface area contributed by atoms with Crippen LogP contribution in [0.5, 0.6) is 0 Å². The third-order valence-electron chi connectivity index (χ3n) is 3.38. The summed E-state index contributed by atoms with van der Waals surface area (Å²) in [6.45, 7) is 5.99. The average Bonchev–Trinajstić information content (AvgIpc) is 2.88. The molecule has 0 saturated heterocycles. The molecule has 0 aliphatic rings. The smallest absolute Gasteiger partial charge is 0.130 e. The van der Waals surface area contributed by atoms with Gasteiger partial charge < -0.3 is 5.32 Å². The lowest BCUT2D eigenvalue weighted by molar-refractivity contribution is 0.366. The lowest BCUT2D eigenvalue weighted by Crippen LogP contribution is -2.29. The van der Waals surface area contributed by atoms with E-state index in [9.17, 15) is 8.78 Å². The van der Waals surface area contributed by atoms with E-state index in [4.69, 9.17) is 0 Å². The van der Waals surface area contributed by atoms with Gasteiger partial charge in [-0.15, -0.1) is 11.3 Å². The number of halogens is 2. The zero-order chi connectivity index (χ0) is 14.7. The standard InChI is InChI=1S/C16H19F2NS/c1-10(2)16(14-8-5-9-20-14)19-11(3)15-12(17)6-4-7-13(15)18/h4-11,16,19H,1-3H3. The SMILES string of the molecule is CC(NC(c1cccs1)C(C)C)c1c(F)cccc1F. The van der Waals surface area contributed by atoms with Gasteiger partial charge in [0, 0.05) is 22.5 Å². The van der Waals surface area contributed by atoms with E-state index < -0.39 is 11.6 Å². The van der Waals surface area contributed by atoms with Crippen LogP contribution in [0.2, 0.25) is 0 Å². The van der Waals surface area contributed by atoms with Gasteiger partial charge in [-0.05, 0) is 36.4 Å². The second kappa shape index (κ2) is 6.46. The van der Waals surface area contributed by atoms with Crippen LogP contribution in [0.1, 0.15) is 43.3 Å². The summed E-state index contributed by atoms with van der Waals surface area (Å²) in [7, 11) is 0. The van der Waals surface area contributed by atoms with Gasteiger partial charge in [0.15, 0.2) is 0 Å². The molecule has 108 valence electrons. The molecule has 4 heteroatoms. The first-order chi connectivity index (χ1) is 9.50. The molecular weight excluding hydrogens is 276 g/mol. The first-order valence-electron chi connectivity index (χ1n) is 6.74. The van der Waals surface area contributed by atoms with E-state index in [0.717, 1.165) is 0 Å². The van der Waals surface area contributed by atoms with Crippen LogP contribution >= 0.6 is 11.3 Å². The second-order valence-electron chi connectivity index (χ2n) is 5.26. The van der Waals surface area contributed by atoms with Gasteiger partial charge in [-0.3, -0.25) is 0 Å². The summed E-state index contributed by atoms with van der Waals surface area (Å²) in [6, 6.07) is 7.73. The Hall–Kier alpha value is -1.26. The van der Waals surface area contributed by atoms with Gasteiger partial charge in [0.25, 0.3) is 0 Å². The van der Waals surface area contributed by atoms with Crippen molar-refractivity contribution in [2.24, 2.45) is 5.92 Å². The number of hydrogen-bond donors (Lipinski definition) is 1. The fourth-order valence-corrected chi connectivity index (χ4v) is 3.31. The minimum Gasteiger partial charge on any atom is -0.302 e. The first-order valence-corrected chi connectivity index (χ1v) is 7.62. The van der Waals surface area contributed by atoms with Crippen molar-refractivity contribution in [2.75, 3.05) is 0 Å². The van der Waals surface area contributed by atoms with Gasteiger partial charge in [-0.1, -0.05) is 26.0 Å². The first kappa shape index (κ1) is 15.1. The van der Waals surface area contributed by atoms with Crippen LogP contribution in [0.25, 0.3) is 0 Å². The summed E-state index contributed by atoms with van der Waals surface area (Å²) >= 11 is 1.65. The summed E-state index contributed by atoms with van der Waals surface area (Å²) in [4.78, 5) is 1.18. The van der Waals surface area contributed by atoms with Crippen molar-refractivity contribution in [3.8, 4) is 0 Å². The molecular formula is C16H19F2NS. The molecule has 1 aromatic heterocycles. The van der Waals surface area contributed by atoms with Crippen molar-refractivity contribution in [1.29, 1.82) is 0 Å². The van der Waals surface area contributed by atoms with Crippen LogP contribution in [-0.4, -0.2) is 0 Å². The molecule has 0 aliphatic heterocycles. The monoisotopic (exact) mass is 295 g/mol. The van der Waals surface area contributed by atoms with Crippen molar-refractivity contribution < 1.29 is 8.78 Å². The highest BCUT2D eigenvalue weighted by Crippen LogP contribution is 2.30. The van der Waals surface area contributed by atoms with Crippen LogP contribution in [0.3, 0.4) is 0 Å². The van der Waals surface area contributed by atoms with E-state index in [2.05, 4.69) is 19.2 Å². The normalized spacial score (nSPS) is 14.5. The summed E-state index contributed by atoms with van der Waals surface area (Å²) in [5.41, 5.74) is 0.106. The second-order valence-corrected chi connectivity index (χ2v) is 6.24. The molecule has 1 aromatic carbocycles. The Bertz CT molecular complexity index is 531. The average molecular weight is 295 g/mol. The minimum atomic E-state index is -0.501. The highest BCUT2D eigenvalue weighted by molar-refractivity contribution is 7.10. The number of rotatable bonds is 5. The van der Waals surface area contributed by atoms with E-state index in [-0.39, 0.29) is 17.6 Å². The van der Waals surface area contributed by atoms with Crippen LogP contribution in [0, 0.1) is 17.6 Å². The fourth-order valence-electron chi connectivity index (χ4n) is 2.35. The Morgan fingerprint density at radius 1 is 1.00 bits per heavy atom. The molecule has 0 fully saturated rings. The maximum absolute atomic E-state index is 13.8. The van der Waals surface area contributed by atoms with E-state index >= 15 is 0 Å². The Morgan fingerprint density at radius 3 is 2.15 bits per heavy atom. The molecule has 0 saturated carbocycles. The molecule has 20 heavy (non-hydrogen) atoms. The summed E-state index contributed by atoms with van der Waals surface area (Å²) in [5, 5.41) is 5.36. The zero-order valence-electron chi connectivity index (χ0n) is 11.9. The van der Waals surface area contributed by atoms with Gasteiger partial charge >= 0.3 is 0 Å². The van der Waals surface area contributed by atoms with Crippen LogP contribution in [0.4, 0.5) is 8.78 Å². The molecule has 2 atom stereocenters. The van der Waals surface area contributed by atoms with Crippen LogP contribution in [0.15, 0.2) is 35.7 Å². The largest absolute Gasteiger partial charge is 0.302 e. The number of hydrogen-bond acceptors (Lipinski definition) is 2. The highest BCUT2D eigenvalue weighted by atomic mass is 32.1. The number of thiophene rings is 1.